The minimum Gasteiger partial charge on any atom is -0.282 e. The summed E-state index contributed by atoms with van der Waals surface area (Å²) < 4.78 is 67.8. The highest BCUT2D eigenvalue weighted by Crippen LogP contribution is 2.32. The summed E-state index contributed by atoms with van der Waals surface area (Å²) in [5.74, 6) is 0. The first-order valence-electron chi connectivity index (χ1n) is 13.6. The minimum absolute atomic E-state index is 0.173. The Morgan fingerprint density at radius 2 is 0.806 bits per heavy atom. The molecule has 0 saturated heterocycles. The van der Waals surface area contributed by atoms with Crippen molar-refractivity contribution in [3.63, 3.8) is 0 Å². The average molecular weight is 541 g/mol. The van der Waals surface area contributed by atoms with Crippen LogP contribution >= 0.6 is 0 Å². The molecule has 2 rings (SSSR count). The Balaban J connectivity index is 2.35. The summed E-state index contributed by atoms with van der Waals surface area (Å²) in [6.07, 6.45) is 16.5. The first kappa shape index (κ1) is 30.7. The van der Waals surface area contributed by atoms with Crippen LogP contribution in [0.5, 0.6) is 0 Å². The number of aryl methyl sites for hydroxylation is 2. The summed E-state index contributed by atoms with van der Waals surface area (Å²) in [6, 6.07) is 5.76. The van der Waals surface area contributed by atoms with E-state index in [1.165, 1.54) is 62.8 Å². The predicted molar refractivity (Wildman–Crippen MR) is 147 cm³/mol. The van der Waals surface area contributed by atoms with Gasteiger partial charge in [-0.25, -0.2) is 0 Å². The molecule has 2 aromatic carbocycles. The van der Waals surface area contributed by atoms with Crippen molar-refractivity contribution in [1.29, 1.82) is 0 Å². The molecule has 6 nitrogen and oxygen atoms in total. The van der Waals surface area contributed by atoms with Gasteiger partial charge < -0.3 is 0 Å². The van der Waals surface area contributed by atoms with Crippen molar-refractivity contribution in [2.24, 2.45) is 0 Å². The van der Waals surface area contributed by atoms with Crippen LogP contribution in [0.25, 0.3) is 10.8 Å². The van der Waals surface area contributed by atoms with Crippen LogP contribution in [0, 0.1) is 0 Å². The molecule has 36 heavy (non-hydrogen) atoms. The summed E-state index contributed by atoms with van der Waals surface area (Å²) in [6.45, 7) is 4.35. The molecule has 0 fully saturated rings. The number of hydrogen-bond donors (Lipinski definition) is 2. The Kier molecular flexibility index (Phi) is 12.9. The molecule has 0 aromatic heterocycles. The average Bonchev–Trinajstić information content (AvgIpc) is 2.81. The van der Waals surface area contributed by atoms with Gasteiger partial charge >= 0.3 is 0 Å². The maximum Gasteiger partial charge on any atom is 0.294 e. The van der Waals surface area contributed by atoms with Crippen LogP contribution in [0.3, 0.4) is 0 Å². The van der Waals surface area contributed by atoms with Gasteiger partial charge in [0.15, 0.2) is 0 Å². The van der Waals surface area contributed by atoms with Crippen LogP contribution in [0.2, 0.25) is 0 Å². The van der Waals surface area contributed by atoms with Crippen LogP contribution in [-0.4, -0.2) is 25.9 Å². The van der Waals surface area contributed by atoms with Gasteiger partial charge in [0.05, 0.1) is 9.79 Å². The Morgan fingerprint density at radius 3 is 1.11 bits per heavy atom. The fraction of sp³-hybridized carbons (Fsp3) is 0.643. The van der Waals surface area contributed by atoms with Crippen molar-refractivity contribution in [3.8, 4) is 0 Å². The van der Waals surface area contributed by atoms with Gasteiger partial charge in [0.25, 0.3) is 20.2 Å². The normalized spacial score (nSPS) is 12.4. The van der Waals surface area contributed by atoms with E-state index in [9.17, 15) is 25.9 Å². The molecule has 0 radical (unpaired) electrons. The molecular formula is C28H44O6S2. The summed E-state index contributed by atoms with van der Waals surface area (Å²) in [4.78, 5) is -0.346. The van der Waals surface area contributed by atoms with E-state index in [0.717, 1.165) is 51.4 Å². The molecule has 0 heterocycles. The lowest BCUT2D eigenvalue weighted by molar-refractivity contribution is 0.480. The van der Waals surface area contributed by atoms with Crippen molar-refractivity contribution in [3.05, 3.63) is 35.4 Å². The fourth-order valence-electron chi connectivity index (χ4n) is 4.81. The van der Waals surface area contributed by atoms with E-state index < -0.39 is 20.2 Å². The molecule has 2 aromatic rings. The van der Waals surface area contributed by atoms with E-state index in [2.05, 4.69) is 13.8 Å². The predicted octanol–water partition coefficient (Wildman–Crippen LogP) is 7.92. The lowest BCUT2D eigenvalue weighted by atomic mass is 9.94. The number of fused-ring (bicyclic) bond motifs is 1. The highest BCUT2D eigenvalue weighted by atomic mass is 32.2. The zero-order valence-corrected chi connectivity index (χ0v) is 23.6. The smallest absolute Gasteiger partial charge is 0.282 e. The first-order chi connectivity index (χ1) is 17.1. The lowest BCUT2D eigenvalue weighted by Crippen LogP contribution is -2.04. The number of rotatable bonds is 18. The molecule has 2 N–H and O–H groups in total. The van der Waals surface area contributed by atoms with Gasteiger partial charge in [0.2, 0.25) is 0 Å². The Hall–Kier alpha value is -1.48. The van der Waals surface area contributed by atoms with Gasteiger partial charge in [0, 0.05) is 0 Å². The third-order valence-corrected chi connectivity index (χ3v) is 8.55. The zero-order chi connectivity index (χ0) is 26.6. The van der Waals surface area contributed by atoms with Crippen LogP contribution in [-0.2, 0) is 33.1 Å². The molecule has 0 saturated carbocycles. The topological polar surface area (TPSA) is 109 Å². The maximum absolute atomic E-state index is 12.0. The first-order valence-corrected chi connectivity index (χ1v) is 16.5. The zero-order valence-electron chi connectivity index (χ0n) is 22.0. The van der Waals surface area contributed by atoms with E-state index in [1.807, 2.05) is 0 Å². The van der Waals surface area contributed by atoms with Crippen LogP contribution in [0.4, 0.5) is 0 Å². The van der Waals surface area contributed by atoms with E-state index in [-0.39, 0.29) is 9.79 Å². The Morgan fingerprint density at radius 1 is 0.500 bits per heavy atom. The summed E-state index contributed by atoms with van der Waals surface area (Å²) in [7, 11) is -8.85. The molecule has 0 aliphatic rings. The molecule has 0 atom stereocenters. The maximum atomic E-state index is 12.0. The van der Waals surface area contributed by atoms with E-state index in [0.29, 0.717) is 34.7 Å². The van der Waals surface area contributed by atoms with Gasteiger partial charge in [-0.05, 0) is 71.8 Å². The van der Waals surface area contributed by atoms with E-state index in [4.69, 9.17) is 0 Å². The second-order valence-corrected chi connectivity index (χ2v) is 12.8. The summed E-state index contributed by atoms with van der Waals surface area (Å²) >= 11 is 0. The summed E-state index contributed by atoms with van der Waals surface area (Å²) in [5.41, 5.74) is 1.36. The lowest BCUT2D eigenvalue weighted by Gasteiger charge is -2.15. The second kappa shape index (κ2) is 15.1. The van der Waals surface area contributed by atoms with Crippen molar-refractivity contribution in [2.75, 3.05) is 0 Å². The molecule has 0 aliphatic heterocycles. The monoisotopic (exact) mass is 540 g/mol. The quantitative estimate of drug-likeness (QED) is 0.147. The highest BCUT2D eigenvalue weighted by Gasteiger charge is 2.19. The van der Waals surface area contributed by atoms with Crippen LogP contribution < -0.4 is 0 Å². The second-order valence-electron chi connectivity index (χ2n) is 9.95. The molecule has 0 aliphatic carbocycles. The Labute approximate surface area is 218 Å². The molecule has 8 heteroatoms. The van der Waals surface area contributed by atoms with Gasteiger partial charge in [-0.1, -0.05) is 90.9 Å². The van der Waals surface area contributed by atoms with Crippen molar-refractivity contribution >= 4 is 31.0 Å². The Bertz CT molecular complexity index is 1080. The van der Waals surface area contributed by atoms with Crippen molar-refractivity contribution in [2.45, 2.75) is 126 Å². The number of hydrogen-bond acceptors (Lipinski definition) is 4. The number of unbranched alkanes of at least 4 members (excludes halogenated alkanes) is 12. The molecule has 204 valence electrons. The van der Waals surface area contributed by atoms with Crippen molar-refractivity contribution in [1.82, 2.24) is 0 Å². The minimum atomic E-state index is -4.42. The van der Waals surface area contributed by atoms with Gasteiger partial charge in [-0.3, -0.25) is 9.11 Å². The standard InChI is InChI=1S/C28H44O6S2/c1-3-5-7-9-11-13-15-17-23-19-25(35(29,30)31)22-28-24(18-16-14-12-10-8-6-4-2)20-26(21-27(23)28)36(32,33)34/h19-22H,3-18H2,1-2H3,(H,29,30,31)(H,32,33,34). The molecule has 0 unspecified atom stereocenters. The highest BCUT2D eigenvalue weighted by molar-refractivity contribution is 7.86. The van der Waals surface area contributed by atoms with E-state index in [1.54, 1.807) is 0 Å². The van der Waals surface area contributed by atoms with Crippen molar-refractivity contribution < 1.29 is 25.9 Å². The van der Waals surface area contributed by atoms with Gasteiger partial charge in [-0.15, -0.1) is 0 Å². The van der Waals surface area contributed by atoms with Gasteiger partial charge in [-0.2, -0.15) is 16.8 Å². The molecule has 0 amide bonds. The molecule has 0 spiro atoms. The van der Waals surface area contributed by atoms with E-state index >= 15 is 0 Å². The molecular weight excluding hydrogens is 496 g/mol. The fourth-order valence-corrected chi connectivity index (χ4v) is 5.93. The third-order valence-electron chi connectivity index (χ3n) is 6.88. The molecule has 0 bridgehead atoms. The van der Waals surface area contributed by atoms with Gasteiger partial charge in [0.1, 0.15) is 0 Å². The SMILES string of the molecule is CCCCCCCCCc1cc(S(=O)(=O)O)cc2c(CCCCCCCCC)cc(S(=O)(=O)O)cc12. The third kappa shape index (κ3) is 10.1. The van der Waals surface area contributed by atoms with Crippen LogP contribution in [0.15, 0.2) is 34.1 Å². The largest absolute Gasteiger partial charge is 0.294 e. The van der Waals surface area contributed by atoms with Crippen LogP contribution in [0.1, 0.15) is 115 Å². The number of benzene rings is 2. The summed E-state index contributed by atoms with van der Waals surface area (Å²) in [5, 5.41) is 1.25.